The molecule has 0 radical (unpaired) electrons. The van der Waals surface area contributed by atoms with E-state index in [1.165, 1.54) is 12.1 Å². The Morgan fingerprint density at radius 2 is 1.89 bits per heavy atom. The first-order valence-corrected chi connectivity index (χ1v) is 9.02. The largest absolute Gasteiger partial charge is 0.417 e. The van der Waals surface area contributed by atoms with Crippen molar-refractivity contribution in [2.24, 2.45) is 5.92 Å². The van der Waals surface area contributed by atoms with Crippen LogP contribution in [0.3, 0.4) is 0 Å². The third-order valence-electron chi connectivity index (χ3n) is 4.34. The number of alkyl halides is 3. The quantitative estimate of drug-likeness (QED) is 0.762. The Morgan fingerprint density at radius 3 is 2.56 bits per heavy atom. The summed E-state index contributed by atoms with van der Waals surface area (Å²) in [4.78, 5) is 26.2. The van der Waals surface area contributed by atoms with Crippen LogP contribution in [0.1, 0.15) is 17.5 Å². The lowest BCUT2D eigenvalue weighted by atomic mass is 10.1. The minimum Gasteiger partial charge on any atom is -0.338 e. The molecule has 2 aromatic rings. The van der Waals surface area contributed by atoms with Crippen molar-refractivity contribution >= 4 is 33.4 Å². The lowest BCUT2D eigenvalue weighted by molar-refractivity contribution is -0.138. The van der Waals surface area contributed by atoms with Gasteiger partial charge < -0.3 is 10.2 Å². The van der Waals surface area contributed by atoms with Gasteiger partial charge in [-0.1, -0.05) is 46.3 Å². The Morgan fingerprint density at radius 1 is 1.19 bits per heavy atom. The summed E-state index contributed by atoms with van der Waals surface area (Å²) in [5.41, 5.74) is 0.132. The van der Waals surface area contributed by atoms with Crippen molar-refractivity contribution in [2.75, 3.05) is 11.9 Å². The SMILES string of the molecule is O=C(Nc1ccc(Br)c(C(F)(F)F)c1)C1CC(=O)N(Cc2ccccc2)C1. The fourth-order valence-electron chi connectivity index (χ4n) is 2.97. The highest BCUT2D eigenvalue weighted by atomic mass is 79.9. The molecule has 27 heavy (non-hydrogen) atoms. The molecular formula is C19H16BrF3N2O2. The molecular weight excluding hydrogens is 425 g/mol. The van der Waals surface area contributed by atoms with Gasteiger partial charge >= 0.3 is 6.18 Å². The van der Waals surface area contributed by atoms with Crippen LogP contribution < -0.4 is 5.32 Å². The van der Waals surface area contributed by atoms with Crippen LogP contribution in [0.25, 0.3) is 0 Å². The first-order chi connectivity index (χ1) is 12.7. The summed E-state index contributed by atoms with van der Waals surface area (Å²) in [6.45, 7) is 0.641. The lowest BCUT2D eigenvalue weighted by Crippen LogP contribution is -2.28. The molecule has 1 aliphatic rings. The van der Waals surface area contributed by atoms with Gasteiger partial charge in [-0.2, -0.15) is 13.2 Å². The Kier molecular flexibility index (Phi) is 5.55. The zero-order valence-corrected chi connectivity index (χ0v) is 15.7. The molecule has 1 unspecified atom stereocenters. The highest BCUT2D eigenvalue weighted by Gasteiger charge is 2.35. The summed E-state index contributed by atoms with van der Waals surface area (Å²) in [5.74, 6) is -1.21. The molecule has 0 spiro atoms. The van der Waals surface area contributed by atoms with Crippen molar-refractivity contribution in [1.82, 2.24) is 4.90 Å². The number of amides is 2. The van der Waals surface area contributed by atoms with Crippen molar-refractivity contribution < 1.29 is 22.8 Å². The van der Waals surface area contributed by atoms with Crippen LogP contribution in [0, 0.1) is 5.92 Å². The number of carbonyl (C=O) groups excluding carboxylic acids is 2. The summed E-state index contributed by atoms with van der Waals surface area (Å²) in [6.07, 6.45) is -4.49. The molecule has 3 rings (SSSR count). The van der Waals surface area contributed by atoms with Gasteiger partial charge in [0.1, 0.15) is 0 Å². The highest BCUT2D eigenvalue weighted by Crippen LogP contribution is 2.36. The maximum atomic E-state index is 13.0. The average Bonchev–Trinajstić information content (AvgIpc) is 2.97. The zero-order chi connectivity index (χ0) is 19.6. The van der Waals surface area contributed by atoms with Crippen LogP contribution in [-0.2, 0) is 22.3 Å². The number of halogens is 4. The molecule has 0 aromatic heterocycles. The molecule has 1 N–H and O–H groups in total. The van der Waals surface area contributed by atoms with Crippen LogP contribution in [-0.4, -0.2) is 23.3 Å². The number of carbonyl (C=O) groups is 2. The summed E-state index contributed by atoms with van der Waals surface area (Å²) >= 11 is 2.86. The van der Waals surface area contributed by atoms with Crippen molar-refractivity contribution in [1.29, 1.82) is 0 Å². The molecule has 142 valence electrons. The van der Waals surface area contributed by atoms with E-state index >= 15 is 0 Å². The molecule has 1 aliphatic heterocycles. The number of hydrogen-bond acceptors (Lipinski definition) is 2. The van der Waals surface area contributed by atoms with Crippen molar-refractivity contribution in [3.8, 4) is 0 Å². The van der Waals surface area contributed by atoms with E-state index in [-0.39, 0.29) is 29.0 Å². The topological polar surface area (TPSA) is 49.4 Å². The predicted molar refractivity (Wildman–Crippen MR) is 97.7 cm³/mol. The summed E-state index contributed by atoms with van der Waals surface area (Å²) in [6, 6.07) is 12.9. The monoisotopic (exact) mass is 440 g/mol. The summed E-state index contributed by atoms with van der Waals surface area (Å²) < 4.78 is 38.8. The first kappa shape index (κ1) is 19.4. The van der Waals surface area contributed by atoms with E-state index < -0.39 is 23.6 Å². The highest BCUT2D eigenvalue weighted by molar-refractivity contribution is 9.10. The van der Waals surface area contributed by atoms with Gasteiger partial charge in [0.2, 0.25) is 11.8 Å². The van der Waals surface area contributed by atoms with Crippen molar-refractivity contribution in [2.45, 2.75) is 19.1 Å². The molecule has 0 bridgehead atoms. The molecule has 2 aromatic carbocycles. The van der Waals surface area contributed by atoms with Gasteiger partial charge in [-0.3, -0.25) is 9.59 Å². The van der Waals surface area contributed by atoms with E-state index in [1.54, 1.807) is 4.90 Å². The molecule has 1 saturated heterocycles. The van der Waals surface area contributed by atoms with Crippen LogP contribution in [0.15, 0.2) is 53.0 Å². The van der Waals surface area contributed by atoms with E-state index in [0.717, 1.165) is 11.6 Å². The number of anilines is 1. The number of nitrogens with zero attached hydrogens (tertiary/aromatic N) is 1. The number of hydrogen-bond donors (Lipinski definition) is 1. The standard InChI is InChI=1S/C19H16BrF3N2O2/c20-16-7-6-14(9-15(16)19(21,22)23)24-18(27)13-8-17(26)25(11-13)10-12-4-2-1-3-5-12/h1-7,9,13H,8,10-11H2,(H,24,27). The normalized spacial score (nSPS) is 17.3. The van der Waals surface area contributed by atoms with Gasteiger partial charge in [0.25, 0.3) is 0 Å². The zero-order valence-electron chi connectivity index (χ0n) is 14.1. The van der Waals surface area contributed by atoms with Crippen molar-refractivity contribution in [3.63, 3.8) is 0 Å². The number of likely N-dealkylation sites (tertiary alicyclic amines) is 1. The fourth-order valence-corrected chi connectivity index (χ4v) is 3.44. The minimum absolute atomic E-state index is 0.0430. The molecule has 4 nitrogen and oxygen atoms in total. The molecule has 0 saturated carbocycles. The second-order valence-corrected chi connectivity index (χ2v) is 7.20. The van der Waals surface area contributed by atoms with E-state index in [1.807, 2.05) is 30.3 Å². The second-order valence-electron chi connectivity index (χ2n) is 6.34. The predicted octanol–water partition coefficient (Wildman–Crippen LogP) is 4.46. The van der Waals surface area contributed by atoms with Crippen LogP contribution in [0.4, 0.5) is 18.9 Å². The molecule has 0 aliphatic carbocycles. The number of nitrogens with one attached hydrogen (secondary N) is 1. The maximum Gasteiger partial charge on any atom is 0.417 e. The minimum atomic E-state index is -4.53. The molecule has 1 atom stereocenters. The van der Waals surface area contributed by atoms with E-state index in [9.17, 15) is 22.8 Å². The van der Waals surface area contributed by atoms with Crippen molar-refractivity contribution in [3.05, 3.63) is 64.1 Å². The van der Waals surface area contributed by atoms with E-state index in [2.05, 4.69) is 21.2 Å². The summed E-state index contributed by atoms with van der Waals surface area (Å²) in [7, 11) is 0. The lowest BCUT2D eigenvalue weighted by Gasteiger charge is -2.17. The Balaban J connectivity index is 1.66. The van der Waals surface area contributed by atoms with Crippen LogP contribution in [0.2, 0.25) is 0 Å². The number of rotatable bonds is 4. The van der Waals surface area contributed by atoms with E-state index in [0.29, 0.717) is 6.54 Å². The van der Waals surface area contributed by atoms with E-state index in [4.69, 9.17) is 0 Å². The Hall–Kier alpha value is -2.35. The smallest absolute Gasteiger partial charge is 0.338 e. The first-order valence-electron chi connectivity index (χ1n) is 8.23. The second kappa shape index (κ2) is 7.72. The molecule has 1 fully saturated rings. The third-order valence-corrected chi connectivity index (χ3v) is 5.03. The van der Waals surface area contributed by atoms with Gasteiger partial charge in [0, 0.05) is 29.7 Å². The van der Waals surface area contributed by atoms with Crippen LogP contribution >= 0.6 is 15.9 Å². The summed E-state index contributed by atoms with van der Waals surface area (Å²) in [5, 5.41) is 2.49. The third kappa shape index (κ3) is 4.68. The Bertz CT molecular complexity index is 856. The van der Waals surface area contributed by atoms with Crippen LogP contribution in [0.5, 0.6) is 0 Å². The fraction of sp³-hybridized carbons (Fsp3) is 0.263. The number of benzene rings is 2. The van der Waals surface area contributed by atoms with Gasteiger partial charge in [-0.15, -0.1) is 0 Å². The van der Waals surface area contributed by atoms with Gasteiger partial charge in [0.15, 0.2) is 0 Å². The van der Waals surface area contributed by atoms with Gasteiger partial charge in [-0.05, 0) is 23.8 Å². The molecule has 2 amide bonds. The van der Waals surface area contributed by atoms with Gasteiger partial charge in [0.05, 0.1) is 11.5 Å². The Labute approximate surface area is 162 Å². The maximum absolute atomic E-state index is 13.0. The average molecular weight is 441 g/mol. The van der Waals surface area contributed by atoms with Gasteiger partial charge in [-0.25, -0.2) is 0 Å². The molecule has 1 heterocycles. The molecule has 8 heteroatoms.